The molecule has 0 aromatic carbocycles. The minimum Gasteiger partial charge on any atom is -0.469 e. The van der Waals surface area contributed by atoms with Gasteiger partial charge in [0.2, 0.25) is 5.91 Å². The first kappa shape index (κ1) is 15.2. The van der Waals surface area contributed by atoms with Crippen LogP contribution < -0.4 is 5.32 Å². The highest BCUT2D eigenvalue weighted by atomic mass is 16.5. The second-order valence-electron chi connectivity index (χ2n) is 4.25. The zero-order valence-electron chi connectivity index (χ0n) is 11.6. The van der Waals surface area contributed by atoms with Gasteiger partial charge in [-0.05, 0) is 19.4 Å². The molecule has 0 unspecified atom stereocenters. The van der Waals surface area contributed by atoms with Crippen LogP contribution in [0, 0.1) is 6.92 Å². The molecule has 0 radical (unpaired) electrons. The topological polar surface area (TPSA) is 71.8 Å². The van der Waals surface area contributed by atoms with Crippen molar-refractivity contribution in [2.75, 3.05) is 33.9 Å². The number of aryl methyl sites for hydroxylation is 1. The molecule has 2 amide bonds. The molecular weight excluding hydrogens is 248 g/mol. The molecule has 0 aliphatic heterocycles. The summed E-state index contributed by atoms with van der Waals surface area (Å²) in [5.74, 6) is 0.142. The van der Waals surface area contributed by atoms with Gasteiger partial charge in [0.15, 0.2) is 0 Å². The van der Waals surface area contributed by atoms with Gasteiger partial charge in [-0.2, -0.15) is 0 Å². The van der Waals surface area contributed by atoms with E-state index in [-0.39, 0.29) is 18.4 Å². The van der Waals surface area contributed by atoms with Crippen LogP contribution in [0.3, 0.4) is 0 Å². The third-order valence-electron chi connectivity index (χ3n) is 2.66. The average molecular weight is 268 g/mol. The van der Waals surface area contributed by atoms with Crippen molar-refractivity contribution >= 4 is 11.8 Å². The van der Waals surface area contributed by atoms with Crippen molar-refractivity contribution in [2.24, 2.45) is 0 Å². The van der Waals surface area contributed by atoms with E-state index >= 15 is 0 Å². The molecule has 106 valence electrons. The maximum absolute atomic E-state index is 12.0. The largest absolute Gasteiger partial charge is 0.469 e. The monoisotopic (exact) mass is 268 g/mol. The summed E-state index contributed by atoms with van der Waals surface area (Å²) in [4.78, 5) is 25.0. The van der Waals surface area contributed by atoms with Gasteiger partial charge in [-0.1, -0.05) is 0 Å². The van der Waals surface area contributed by atoms with Crippen molar-refractivity contribution in [3.63, 3.8) is 0 Å². The lowest BCUT2D eigenvalue weighted by Gasteiger charge is -2.16. The minimum absolute atomic E-state index is 0.0242. The van der Waals surface area contributed by atoms with E-state index in [2.05, 4.69) is 5.32 Å². The van der Waals surface area contributed by atoms with Gasteiger partial charge in [-0.25, -0.2) is 0 Å². The van der Waals surface area contributed by atoms with Gasteiger partial charge in [0.05, 0.1) is 18.4 Å². The summed E-state index contributed by atoms with van der Waals surface area (Å²) < 4.78 is 9.95. The van der Waals surface area contributed by atoms with Gasteiger partial charge in [0, 0.05) is 27.3 Å². The summed E-state index contributed by atoms with van der Waals surface area (Å²) in [6.45, 7) is 2.88. The first-order valence-corrected chi connectivity index (χ1v) is 6.11. The SMILES string of the molecule is COCCCNC(=O)CN(C)C(=O)c1ccoc1C. The quantitative estimate of drug-likeness (QED) is 0.743. The number of likely N-dealkylation sites (N-methyl/N-ethyl adjacent to an activating group) is 1. The molecule has 0 atom stereocenters. The lowest BCUT2D eigenvalue weighted by Crippen LogP contribution is -2.38. The number of rotatable bonds is 7. The fourth-order valence-corrected chi connectivity index (χ4v) is 1.60. The molecule has 0 fully saturated rings. The number of carbonyl (C=O) groups is 2. The predicted molar refractivity (Wildman–Crippen MR) is 69.9 cm³/mol. The van der Waals surface area contributed by atoms with Crippen LogP contribution in [-0.4, -0.2) is 50.6 Å². The average Bonchev–Trinajstić information content (AvgIpc) is 2.80. The number of nitrogens with one attached hydrogen (secondary N) is 1. The number of nitrogens with zero attached hydrogens (tertiary/aromatic N) is 1. The smallest absolute Gasteiger partial charge is 0.257 e. The maximum Gasteiger partial charge on any atom is 0.257 e. The Morgan fingerprint density at radius 3 is 2.79 bits per heavy atom. The van der Waals surface area contributed by atoms with Gasteiger partial charge in [-0.3, -0.25) is 9.59 Å². The third kappa shape index (κ3) is 4.75. The third-order valence-corrected chi connectivity index (χ3v) is 2.66. The number of hydrogen-bond acceptors (Lipinski definition) is 4. The molecule has 6 nitrogen and oxygen atoms in total. The first-order chi connectivity index (χ1) is 9.06. The van der Waals surface area contributed by atoms with E-state index in [0.717, 1.165) is 6.42 Å². The molecule has 1 aromatic heterocycles. The molecule has 6 heteroatoms. The van der Waals surface area contributed by atoms with E-state index in [1.54, 1.807) is 27.1 Å². The second-order valence-corrected chi connectivity index (χ2v) is 4.25. The normalized spacial score (nSPS) is 10.3. The molecule has 0 aliphatic carbocycles. The van der Waals surface area contributed by atoms with Gasteiger partial charge in [0.1, 0.15) is 5.76 Å². The Labute approximate surface area is 112 Å². The number of methoxy groups -OCH3 is 1. The number of amides is 2. The summed E-state index contributed by atoms with van der Waals surface area (Å²) >= 11 is 0. The summed E-state index contributed by atoms with van der Waals surface area (Å²) in [6.07, 6.45) is 2.21. The number of carbonyl (C=O) groups excluding carboxylic acids is 2. The molecule has 0 spiro atoms. The van der Waals surface area contributed by atoms with Gasteiger partial charge in [0.25, 0.3) is 5.91 Å². The van der Waals surface area contributed by atoms with Crippen molar-refractivity contribution in [2.45, 2.75) is 13.3 Å². The van der Waals surface area contributed by atoms with Crippen LogP contribution >= 0.6 is 0 Å². The van der Waals surface area contributed by atoms with Crippen LogP contribution in [0.15, 0.2) is 16.7 Å². The lowest BCUT2D eigenvalue weighted by atomic mass is 10.2. The molecule has 19 heavy (non-hydrogen) atoms. The van der Waals surface area contributed by atoms with Crippen LogP contribution in [0.4, 0.5) is 0 Å². The summed E-state index contributed by atoms with van der Waals surface area (Å²) in [5, 5.41) is 2.73. The molecule has 1 heterocycles. The van der Waals surface area contributed by atoms with E-state index in [0.29, 0.717) is 24.5 Å². The Morgan fingerprint density at radius 2 is 2.21 bits per heavy atom. The van der Waals surface area contributed by atoms with Crippen LogP contribution in [0.25, 0.3) is 0 Å². The molecule has 0 saturated heterocycles. The molecule has 1 aromatic rings. The van der Waals surface area contributed by atoms with Crippen LogP contribution in [0.1, 0.15) is 22.5 Å². The Balaban J connectivity index is 2.38. The van der Waals surface area contributed by atoms with Crippen molar-refractivity contribution in [3.8, 4) is 0 Å². The molecule has 1 N–H and O–H groups in total. The fourth-order valence-electron chi connectivity index (χ4n) is 1.60. The number of ether oxygens (including phenoxy) is 1. The minimum atomic E-state index is -0.224. The van der Waals surface area contributed by atoms with Crippen LogP contribution in [-0.2, 0) is 9.53 Å². The van der Waals surface area contributed by atoms with Gasteiger partial charge < -0.3 is 19.4 Å². The van der Waals surface area contributed by atoms with Crippen LogP contribution in [0.5, 0.6) is 0 Å². The predicted octanol–water partition coefficient (Wildman–Crippen LogP) is 0.813. The van der Waals surface area contributed by atoms with E-state index in [1.165, 1.54) is 11.2 Å². The van der Waals surface area contributed by atoms with Crippen molar-refractivity contribution in [1.29, 1.82) is 0 Å². The summed E-state index contributed by atoms with van der Waals surface area (Å²) in [6, 6.07) is 1.60. The van der Waals surface area contributed by atoms with E-state index in [1.807, 2.05) is 0 Å². The standard InChI is InChI=1S/C13H20N2O4/c1-10-11(5-8-19-10)13(17)15(2)9-12(16)14-6-4-7-18-3/h5,8H,4,6-7,9H2,1-3H3,(H,14,16). The molecule has 1 rings (SSSR count). The molecular formula is C13H20N2O4. The highest BCUT2D eigenvalue weighted by molar-refractivity contribution is 5.97. The zero-order valence-corrected chi connectivity index (χ0v) is 11.6. The lowest BCUT2D eigenvalue weighted by molar-refractivity contribution is -0.121. The number of hydrogen-bond donors (Lipinski definition) is 1. The highest BCUT2D eigenvalue weighted by Crippen LogP contribution is 2.10. The fraction of sp³-hybridized carbons (Fsp3) is 0.538. The Kier molecular flexibility index (Phi) is 6.08. The van der Waals surface area contributed by atoms with Crippen LogP contribution in [0.2, 0.25) is 0 Å². The number of furan rings is 1. The highest BCUT2D eigenvalue weighted by Gasteiger charge is 2.17. The van der Waals surface area contributed by atoms with Crippen molar-refractivity contribution < 1.29 is 18.7 Å². The molecule has 0 bridgehead atoms. The van der Waals surface area contributed by atoms with Crippen molar-refractivity contribution in [3.05, 3.63) is 23.7 Å². The van der Waals surface area contributed by atoms with E-state index < -0.39 is 0 Å². The van der Waals surface area contributed by atoms with Crippen molar-refractivity contribution in [1.82, 2.24) is 10.2 Å². The molecule has 0 aliphatic rings. The second kappa shape index (κ2) is 7.58. The van der Waals surface area contributed by atoms with E-state index in [4.69, 9.17) is 9.15 Å². The summed E-state index contributed by atoms with van der Waals surface area (Å²) in [5.41, 5.74) is 0.481. The Bertz CT molecular complexity index is 428. The van der Waals surface area contributed by atoms with Gasteiger partial charge >= 0.3 is 0 Å². The van der Waals surface area contributed by atoms with E-state index in [9.17, 15) is 9.59 Å². The maximum atomic E-state index is 12.0. The summed E-state index contributed by atoms with van der Waals surface area (Å²) in [7, 11) is 3.20. The molecule has 0 saturated carbocycles. The Morgan fingerprint density at radius 1 is 1.47 bits per heavy atom. The zero-order chi connectivity index (χ0) is 14.3. The van der Waals surface area contributed by atoms with Gasteiger partial charge in [-0.15, -0.1) is 0 Å². The first-order valence-electron chi connectivity index (χ1n) is 6.11. The Hall–Kier alpha value is -1.82.